The van der Waals surface area contributed by atoms with Crippen LogP contribution in [0.3, 0.4) is 0 Å². The molecule has 2 aromatic rings. The highest BCUT2D eigenvalue weighted by molar-refractivity contribution is 5.68. The summed E-state index contributed by atoms with van der Waals surface area (Å²) in [6.45, 7) is 11.7. The second-order valence-corrected chi connectivity index (χ2v) is 10.1. The third-order valence-corrected chi connectivity index (χ3v) is 4.49. The highest BCUT2D eigenvalue weighted by atomic mass is 16.6. The maximum absolute atomic E-state index is 11.9. The second kappa shape index (κ2) is 12.2. The minimum absolute atomic E-state index is 0.208. The molecule has 0 heterocycles. The first-order valence-corrected chi connectivity index (χ1v) is 11.7. The van der Waals surface area contributed by atoms with Crippen molar-refractivity contribution in [2.75, 3.05) is 24.7 Å². The fourth-order valence-electron chi connectivity index (χ4n) is 2.93. The molecule has 0 radical (unpaired) electrons. The molecule has 0 fully saturated rings. The minimum Gasteiger partial charge on any atom is -0.490 e. The topological polar surface area (TPSA) is 147 Å². The maximum atomic E-state index is 11.9. The fourth-order valence-corrected chi connectivity index (χ4v) is 2.93. The van der Waals surface area contributed by atoms with Gasteiger partial charge in [-0.3, -0.25) is 0 Å². The van der Waals surface area contributed by atoms with Crippen LogP contribution in [-0.2, 0) is 22.6 Å². The predicted molar refractivity (Wildman–Crippen MR) is 139 cm³/mol. The molecule has 0 unspecified atom stereocenters. The molecule has 2 aromatic carbocycles. The molecule has 0 atom stereocenters. The Morgan fingerprint density at radius 3 is 1.39 bits per heavy atom. The number of rotatable bonds is 9. The molecule has 2 amide bonds. The van der Waals surface area contributed by atoms with Crippen LogP contribution in [0.2, 0.25) is 0 Å². The monoisotopic (exact) mass is 502 g/mol. The molecule has 10 nitrogen and oxygen atoms in total. The minimum atomic E-state index is -0.583. The zero-order valence-electron chi connectivity index (χ0n) is 21.9. The van der Waals surface area contributed by atoms with Crippen LogP contribution in [0.1, 0.15) is 52.7 Å². The fraction of sp³-hybridized carbons (Fsp3) is 0.462. The Labute approximate surface area is 212 Å². The molecule has 6 N–H and O–H groups in total. The van der Waals surface area contributed by atoms with Crippen LogP contribution in [0.15, 0.2) is 36.4 Å². The summed E-state index contributed by atoms with van der Waals surface area (Å²) in [6, 6.07) is 10.4. The number of nitrogens with two attached hydrogens (primary N) is 2. The van der Waals surface area contributed by atoms with Crippen LogP contribution >= 0.6 is 0 Å². The number of alkyl carbamates (subject to hydrolysis) is 2. The van der Waals surface area contributed by atoms with E-state index in [0.717, 1.165) is 0 Å². The van der Waals surface area contributed by atoms with Crippen molar-refractivity contribution in [3.05, 3.63) is 47.5 Å². The van der Waals surface area contributed by atoms with Gasteiger partial charge in [-0.15, -0.1) is 0 Å². The SMILES string of the molecule is CC(C)(C)OC(=O)NCc1cc(OCCOc2ccc(N)c(CNC(=O)OC(C)(C)C)c2)ccc1N. The van der Waals surface area contributed by atoms with Gasteiger partial charge in [0.25, 0.3) is 0 Å². The quantitative estimate of drug-likeness (QED) is 0.292. The van der Waals surface area contributed by atoms with Gasteiger partial charge in [-0.2, -0.15) is 0 Å². The molecule has 0 spiro atoms. The Hall–Kier alpha value is -3.82. The average Bonchev–Trinajstić information content (AvgIpc) is 2.74. The highest BCUT2D eigenvalue weighted by Crippen LogP contribution is 2.22. The van der Waals surface area contributed by atoms with Gasteiger partial charge in [-0.05, 0) is 89.1 Å². The molecule has 0 aliphatic carbocycles. The van der Waals surface area contributed by atoms with Crippen molar-refractivity contribution in [1.29, 1.82) is 0 Å². The number of amides is 2. The number of nitrogen functional groups attached to an aromatic ring is 2. The van der Waals surface area contributed by atoms with Crippen LogP contribution < -0.4 is 31.6 Å². The van der Waals surface area contributed by atoms with Crippen molar-refractivity contribution in [1.82, 2.24) is 10.6 Å². The van der Waals surface area contributed by atoms with Gasteiger partial charge in [0.2, 0.25) is 0 Å². The second-order valence-electron chi connectivity index (χ2n) is 10.1. The van der Waals surface area contributed by atoms with Crippen LogP contribution in [0, 0.1) is 0 Å². The van der Waals surface area contributed by atoms with Gasteiger partial charge in [-0.1, -0.05) is 0 Å². The van der Waals surface area contributed by atoms with E-state index in [1.807, 2.05) is 0 Å². The number of benzene rings is 2. The molecular weight excluding hydrogens is 464 g/mol. The standard InChI is InChI=1S/C26H38N4O6/c1-25(2,3)35-23(31)29-15-17-13-19(7-9-21(17)27)33-11-12-34-20-8-10-22(28)18(14-20)16-30-24(32)36-26(4,5)6/h7-10,13-14H,11-12,15-16,27-28H2,1-6H3,(H,29,31)(H,30,32). The van der Waals surface area contributed by atoms with Crippen LogP contribution in [0.25, 0.3) is 0 Å². The molecule has 0 aliphatic rings. The van der Waals surface area contributed by atoms with Gasteiger partial charge in [0.1, 0.15) is 35.9 Å². The Bertz CT molecular complexity index is 960. The molecule has 0 aromatic heterocycles. The molecule has 0 saturated carbocycles. The summed E-state index contributed by atoms with van der Waals surface area (Å²) in [5.41, 5.74) is 13.3. The summed E-state index contributed by atoms with van der Waals surface area (Å²) in [5.74, 6) is 1.18. The average molecular weight is 503 g/mol. The van der Waals surface area contributed by atoms with E-state index in [1.54, 1.807) is 77.9 Å². The number of ether oxygens (including phenoxy) is 4. The zero-order chi connectivity index (χ0) is 26.9. The molecular formula is C26H38N4O6. The first kappa shape index (κ1) is 28.4. The Balaban J connectivity index is 1.84. The molecule has 0 aliphatic heterocycles. The van der Waals surface area contributed by atoms with Gasteiger partial charge in [0.15, 0.2) is 0 Å². The third kappa shape index (κ3) is 10.6. The van der Waals surface area contributed by atoms with Crippen molar-refractivity contribution in [3.8, 4) is 11.5 Å². The molecule has 36 heavy (non-hydrogen) atoms. The first-order chi connectivity index (χ1) is 16.7. The number of anilines is 2. The van der Waals surface area contributed by atoms with E-state index in [0.29, 0.717) is 34.0 Å². The zero-order valence-corrected chi connectivity index (χ0v) is 21.9. The van der Waals surface area contributed by atoms with Gasteiger partial charge in [0, 0.05) is 24.5 Å². The number of nitrogens with one attached hydrogen (secondary N) is 2. The van der Waals surface area contributed by atoms with Gasteiger partial charge in [-0.25, -0.2) is 9.59 Å². The third-order valence-electron chi connectivity index (χ3n) is 4.49. The Morgan fingerprint density at radius 2 is 1.06 bits per heavy atom. The van der Waals surface area contributed by atoms with E-state index in [1.165, 1.54) is 0 Å². The Kier molecular flexibility index (Phi) is 9.66. The number of hydrogen-bond acceptors (Lipinski definition) is 8. The lowest BCUT2D eigenvalue weighted by Crippen LogP contribution is -2.32. The van der Waals surface area contributed by atoms with Gasteiger partial charge >= 0.3 is 12.2 Å². The summed E-state index contributed by atoms with van der Waals surface area (Å²) in [4.78, 5) is 23.8. The van der Waals surface area contributed by atoms with Crippen molar-refractivity contribution in [2.45, 2.75) is 65.8 Å². The van der Waals surface area contributed by atoms with E-state index in [2.05, 4.69) is 10.6 Å². The van der Waals surface area contributed by atoms with E-state index in [9.17, 15) is 9.59 Å². The van der Waals surface area contributed by atoms with Crippen molar-refractivity contribution in [3.63, 3.8) is 0 Å². The smallest absolute Gasteiger partial charge is 0.407 e. The lowest BCUT2D eigenvalue weighted by atomic mass is 10.1. The van der Waals surface area contributed by atoms with Gasteiger partial charge in [0.05, 0.1) is 0 Å². The largest absolute Gasteiger partial charge is 0.490 e. The molecule has 198 valence electrons. The Morgan fingerprint density at radius 1 is 0.694 bits per heavy atom. The first-order valence-electron chi connectivity index (χ1n) is 11.7. The molecule has 0 saturated heterocycles. The molecule has 10 heteroatoms. The normalized spacial score (nSPS) is 11.4. The van der Waals surface area contributed by atoms with E-state index in [-0.39, 0.29) is 26.3 Å². The number of carbonyl (C=O) groups excluding carboxylic acids is 2. The number of hydrogen-bond donors (Lipinski definition) is 4. The summed E-state index contributed by atoms with van der Waals surface area (Å²) >= 11 is 0. The van der Waals surface area contributed by atoms with Crippen molar-refractivity contribution < 1.29 is 28.5 Å². The van der Waals surface area contributed by atoms with Gasteiger partial charge < -0.3 is 41.0 Å². The molecule has 2 rings (SSSR count). The van der Waals surface area contributed by atoms with Crippen molar-refractivity contribution >= 4 is 23.6 Å². The number of carbonyl (C=O) groups is 2. The van der Waals surface area contributed by atoms with E-state index >= 15 is 0 Å². The molecule has 0 bridgehead atoms. The summed E-state index contributed by atoms with van der Waals surface area (Å²) in [7, 11) is 0. The summed E-state index contributed by atoms with van der Waals surface area (Å²) < 4.78 is 22.0. The lowest BCUT2D eigenvalue weighted by Gasteiger charge is -2.20. The summed E-state index contributed by atoms with van der Waals surface area (Å²) in [6.07, 6.45) is -1.04. The van der Waals surface area contributed by atoms with Crippen LogP contribution in [0.5, 0.6) is 11.5 Å². The van der Waals surface area contributed by atoms with E-state index < -0.39 is 23.4 Å². The highest BCUT2D eigenvalue weighted by Gasteiger charge is 2.17. The summed E-state index contributed by atoms with van der Waals surface area (Å²) in [5, 5.41) is 5.37. The van der Waals surface area contributed by atoms with Crippen LogP contribution in [-0.4, -0.2) is 36.6 Å². The predicted octanol–water partition coefficient (Wildman–Crippen LogP) is 4.36. The maximum Gasteiger partial charge on any atom is 0.407 e. The lowest BCUT2D eigenvalue weighted by molar-refractivity contribution is 0.0512. The van der Waals surface area contributed by atoms with Crippen molar-refractivity contribution in [2.24, 2.45) is 0 Å². The van der Waals surface area contributed by atoms with E-state index in [4.69, 9.17) is 30.4 Å². The van der Waals surface area contributed by atoms with Crippen LogP contribution in [0.4, 0.5) is 21.0 Å².